The summed E-state index contributed by atoms with van der Waals surface area (Å²) >= 11 is 0. The van der Waals surface area contributed by atoms with E-state index in [-0.39, 0.29) is 5.48 Å². The minimum atomic E-state index is 0. The van der Waals surface area contributed by atoms with Gasteiger partial charge in [0, 0.05) is 0 Å². The van der Waals surface area contributed by atoms with Crippen LogP contribution < -0.4 is 4.90 Å². The van der Waals surface area contributed by atoms with E-state index in [1.165, 1.54) is 38.9 Å². The molecule has 2 nitrogen and oxygen atoms in total. The molecule has 0 aromatic rings. The summed E-state index contributed by atoms with van der Waals surface area (Å²) in [4.78, 5) is 1.80. The molecule has 1 rings (SSSR count). The second-order valence-electron chi connectivity index (χ2n) is 2.66. The van der Waals surface area contributed by atoms with Gasteiger partial charge in [-0.2, -0.15) is 0 Å². The summed E-state index contributed by atoms with van der Waals surface area (Å²) < 4.78 is 0. The fourth-order valence-electron chi connectivity index (χ4n) is 1.41. The molecular weight excluding hydrogens is 114 g/mol. The zero-order valence-corrected chi connectivity index (χ0v) is 6.19. The highest BCUT2D eigenvalue weighted by atomic mass is 16.0. The molecule has 0 aromatic carbocycles. The van der Waals surface area contributed by atoms with Crippen LogP contribution in [-0.4, -0.2) is 25.1 Å². The van der Waals surface area contributed by atoms with Gasteiger partial charge in [-0.25, -0.2) is 0 Å². The van der Waals surface area contributed by atoms with E-state index in [1.54, 1.807) is 4.90 Å². The number of nitrogens with one attached hydrogen (secondary N) is 1. The summed E-state index contributed by atoms with van der Waals surface area (Å²) in [6.45, 7) is 6.47. The number of piperidine rings is 1. The minimum Gasteiger partial charge on any atom is -0.870 e. The smallest absolute Gasteiger partial charge is 0.0770 e. The third-order valence-corrected chi connectivity index (χ3v) is 2.06. The maximum atomic E-state index is 2.28. The van der Waals surface area contributed by atoms with E-state index in [4.69, 9.17) is 0 Å². The lowest BCUT2D eigenvalue weighted by Gasteiger charge is -2.21. The maximum Gasteiger partial charge on any atom is 0.0770 e. The van der Waals surface area contributed by atoms with Crippen molar-refractivity contribution in [2.24, 2.45) is 0 Å². The molecule has 0 unspecified atom stereocenters. The Morgan fingerprint density at radius 3 is 2.00 bits per heavy atom. The van der Waals surface area contributed by atoms with Crippen LogP contribution in [0.4, 0.5) is 0 Å². The number of quaternary nitrogens is 1. The fourth-order valence-corrected chi connectivity index (χ4v) is 1.41. The van der Waals surface area contributed by atoms with Crippen molar-refractivity contribution in [1.82, 2.24) is 0 Å². The lowest BCUT2D eigenvalue weighted by Crippen LogP contribution is -3.12. The first kappa shape index (κ1) is 8.92. The monoisotopic (exact) mass is 131 g/mol. The molecule has 0 saturated carbocycles. The van der Waals surface area contributed by atoms with Crippen LogP contribution >= 0.6 is 0 Å². The molecule has 1 aliphatic heterocycles. The average molecular weight is 131 g/mol. The summed E-state index contributed by atoms with van der Waals surface area (Å²) in [6, 6.07) is 0. The van der Waals surface area contributed by atoms with Gasteiger partial charge in [0.1, 0.15) is 0 Å². The first-order valence-corrected chi connectivity index (χ1v) is 3.77. The molecule has 9 heavy (non-hydrogen) atoms. The van der Waals surface area contributed by atoms with Crippen molar-refractivity contribution in [3.63, 3.8) is 0 Å². The van der Waals surface area contributed by atoms with Crippen molar-refractivity contribution in [3.8, 4) is 0 Å². The van der Waals surface area contributed by atoms with Gasteiger partial charge in [-0.05, 0) is 26.2 Å². The Bertz CT molecular complexity index is 59.9. The molecule has 0 bridgehead atoms. The van der Waals surface area contributed by atoms with Gasteiger partial charge >= 0.3 is 0 Å². The summed E-state index contributed by atoms with van der Waals surface area (Å²) in [5.74, 6) is 0. The van der Waals surface area contributed by atoms with Crippen molar-refractivity contribution in [2.75, 3.05) is 19.6 Å². The Morgan fingerprint density at radius 2 is 1.67 bits per heavy atom. The standard InChI is InChI=1S/C7H15N.H2O/c1-2-8-6-4-3-5-7-8;/h2-7H2,1H3;1H2. The van der Waals surface area contributed by atoms with E-state index in [0.717, 1.165) is 0 Å². The predicted molar refractivity (Wildman–Crippen MR) is 37.0 cm³/mol. The quantitative estimate of drug-likeness (QED) is 0.530. The molecule has 0 spiro atoms. The van der Waals surface area contributed by atoms with E-state index in [0.29, 0.717) is 0 Å². The zero-order chi connectivity index (χ0) is 5.82. The Kier molecular flexibility index (Phi) is 4.72. The topological polar surface area (TPSA) is 34.4 Å². The largest absolute Gasteiger partial charge is 0.870 e. The van der Waals surface area contributed by atoms with Gasteiger partial charge in [0.2, 0.25) is 0 Å². The number of rotatable bonds is 1. The van der Waals surface area contributed by atoms with Crippen molar-refractivity contribution < 1.29 is 10.4 Å². The Labute approximate surface area is 57.2 Å². The van der Waals surface area contributed by atoms with Gasteiger partial charge in [-0.15, -0.1) is 0 Å². The van der Waals surface area contributed by atoms with Crippen LogP contribution in [0.5, 0.6) is 0 Å². The molecule has 1 saturated heterocycles. The second-order valence-corrected chi connectivity index (χ2v) is 2.66. The van der Waals surface area contributed by atoms with Crippen molar-refractivity contribution in [2.45, 2.75) is 26.2 Å². The third kappa shape index (κ3) is 2.82. The van der Waals surface area contributed by atoms with E-state index < -0.39 is 0 Å². The van der Waals surface area contributed by atoms with E-state index >= 15 is 0 Å². The van der Waals surface area contributed by atoms with Crippen LogP contribution in [0.2, 0.25) is 0 Å². The van der Waals surface area contributed by atoms with E-state index in [2.05, 4.69) is 6.92 Å². The average Bonchev–Trinajstić information content (AvgIpc) is 1.90. The Morgan fingerprint density at radius 1 is 1.11 bits per heavy atom. The highest BCUT2D eigenvalue weighted by Crippen LogP contribution is 1.93. The minimum absolute atomic E-state index is 0. The Balaban J connectivity index is 0.000000640. The van der Waals surface area contributed by atoms with Gasteiger partial charge in [0.05, 0.1) is 19.6 Å². The summed E-state index contributed by atoms with van der Waals surface area (Å²) in [6.07, 6.45) is 4.40. The van der Waals surface area contributed by atoms with Crippen LogP contribution in [0.3, 0.4) is 0 Å². The van der Waals surface area contributed by atoms with Gasteiger partial charge in [0.15, 0.2) is 0 Å². The van der Waals surface area contributed by atoms with Crippen LogP contribution in [0.1, 0.15) is 26.2 Å². The molecule has 1 heterocycles. The van der Waals surface area contributed by atoms with Gasteiger partial charge in [0.25, 0.3) is 0 Å². The molecule has 0 aliphatic carbocycles. The number of likely N-dealkylation sites (tertiary alicyclic amines) is 1. The predicted octanol–water partition coefficient (Wildman–Crippen LogP) is -0.102. The first-order valence-electron chi connectivity index (χ1n) is 3.77. The van der Waals surface area contributed by atoms with Gasteiger partial charge in [-0.1, -0.05) is 0 Å². The van der Waals surface area contributed by atoms with Crippen LogP contribution in [0.25, 0.3) is 0 Å². The fraction of sp³-hybridized carbons (Fsp3) is 1.00. The molecule has 2 N–H and O–H groups in total. The molecular formula is C7H17NO. The Hall–Kier alpha value is -0.0800. The van der Waals surface area contributed by atoms with E-state index in [1.807, 2.05) is 0 Å². The molecule has 0 aromatic heterocycles. The molecule has 0 amide bonds. The van der Waals surface area contributed by atoms with Crippen LogP contribution in [-0.2, 0) is 0 Å². The maximum absolute atomic E-state index is 2.28. The third-order valence-electron chi connectivity index (χ3n) is 2.06. The number of hydrogen-bond acceptors (Lipinski definition) is 1. The molecule has 0 atom stereocenters. The zero-order valence-electron chi connectivity index (χ0n) is 6.19. The van der Waals surface area contributed by atoms with Crippen molar-refractivity contribution in [3.05, 3.63) is 0 Å². The van der Waals surface area contributed by atoms with Crippen LogP contribution in [0.15, 0.2) is 0 Å². The molecule has 1 fully saturated rings. The van der Waals surface area contributed by atoms with Crippen molar-refractivity contribution >= 4 is 0 Å². The molecule has 56 valence electrons. The number of hydrogen-bond donors (Lipinski definition) is 1. The summed E-state index contributed by atoms with van der Waals surface area (Å²) in [5, 5.41) is 0. The molecule has 1 aliphatic rings. The second kappa shape index (κ2) is 4.77. The summed E-state index contributed by atoms with van der Waals surface area (Å²) in [5.41, 5.74) is 0. The highest BCUT2D eigenvalue weighted by molar-refractivity contribution is 4.44. The van der Waals surface area contributed by atoms with Crippen molar-refractivity contribution in [1.29, 1.82) is 0 Å². The summed E-state index contributed by atoms with van der Waals surface area (Å²) in [7, 11) is 0. The lowest BCUT2D eigenvalue weighted by atomic mass is 10.1. The lowest BCUT2D eigenvalue weighted by molar-refractivity contribution is -0.903. The van der Waals surface area contributed by atoms with Gasteiger partial charge in [-0.3, -0.25) is 0 Å². The first-order chi connectivity index (χ1) is 3.93. The van der Waals surface area contributed by atoms with Gasteiger partial charge < -0.3 is 10.4 Å². The van der Waals surface area contributed by atoms with E-state index in [9.17, 15) is 0 Å². The normalized spacial score (nSPS) is 21.0. The molecule has 2 heteroatoms. The SMILES string of the molecule is CC[NH+]1CCCCC1.[OH-]. The highest BCUT2D eigenvalue weighted by Gasteiger charge is 2.09. The molecule has 0 radical (unpaired) electrons. The van der Waals surface area contributed by atoms with Crippen LogP contribution in [0, 0.1) is 0 Å².